The lowest BCUT2D eigenvalue weighted by Gasteiger charge is -2.30. The first-order chi connectivity index (χ1) is 13.1. The molecule has 2 unspecified atom stereocenters. The Labute approximate surface area is 166 Å². The number of rotatable bonds is 2. The number of halogens is 4. The van der Waals surface area contributed by atoms with Crippen LogP contribution in [-0.2, 0) is 4.79 Å². The second-order valence-electron chi connectivity index (χ2n) is 7.00. The molecule has 1 aromatic rings. The Morgan fingerprint density at radius 3 is 2.71 bits per heavy atom. The van der Waals surface area contributed by atoms with Crippen molar-refractivity contribution in [3.8, 4) is 0 Å². The molecular formula is C19H14BrF3N2O3. The van der Waals surface area contributed by atoms with Crippen LogP contribution in [0.25, 0.3) is 0 Å². The molecule has 146 valence electrons. The molecule has 0 radical (unpaired) electrons. The van der Waals surface area contributed by atoms with E-state index in [0.29, 0.717) is 22.2 Å². The highest BCUT2D eigenvalue weighted by molar-refractivity contribution is 9.10. The lowest BCUT2D eigenvalue weighted by atomic mass is 9.74. The second-order valence-corrected chi connectivity index (χ2v) is 7.85. The molecule has 0 spiro atoms. The predicted molar refractivity (Wildman–Crippen MR) is 98.2 cm³/mol. The van der Waals surface area contributed by atoms with Crippen molar-refractivity contribution >= 4 is 33.5 Å². The zero-order valence-electron chi connectivity index (χ0n) is 14.3. The van der Waals surface area contributed by atoms with Gasteiger partial charge in [-0.25, -0.2) is 9.79 Å². The van der Waals surface area contributed by atoms with Crippen molar-refractivity contribution in [1.29, 1.82) is 0 Å². The van der Waals surface area contributed by atoms with Crippen molar-refractivity contribution in [1.82, 2.24) is 5.32 Å². The van der Waals surface area contributed by atoms with Crippen molar-refractivity contribution in [2.24, 2.45) is 10.9 Å². The maximum Gasteiger partial charge on any atom is 0.433 e. The number of aromatic carboxylic acids is 1. The Morgan fingerprint density at radius 2 is 2.04 bits per heavy atom. The summed E-state index contributed by atoms with van der Waals surface area (Å²) >= 11 is 3.20. The summed E-state index contributed by atoms with van der Waals surface area (Å²) in [7, 11) is 0. The van der Waals surface area contributed by atoms with Crippen LogP contribution in [-0.4, -0.2) is 35.4 Å². The molecule has 2 N–H and O–H groups in total. The molecule has 9 heteroatoms. The Balaban J connectivity index is 1.76. The van der Waals surface area contributed by atoms with E-state index >= 15 is 0 Å². The zero-order valence-corrected chi connectivity index (χ0v) is 15.9. The molecule has 5 nitrogen and oxygen atoms in total. The number of allylic oxidation sites excluding steroid dienone is 2. The Bertz CT molecular complexity index is 995. The van der Waals surface area contributed by atoms with Gasteiger partial charge in [0.15, 0.2) is 5.71 Å². The van der Waals surface area contributed by atoms with Gasteiger partial charge < -0.3 is 10.4 Å². The van der Waals surface area contributed by atoms with Crippen molar-refractivity contribution in [3.63, 3.8) is 0 Å². The highest BCUT2D eigenvalue weighted by atomic mass is 79.9. The Hall–Kier alpha value is -2.42. The van der Waals surface area contributed by atoms with Gasteiger partial charge in [-0.3, -0.25) is 4.79 Å². The number of nitrogens with one attached hydrogen (secondary N) is 1. The van der Waals surface area contributed by atoms with Crippen molar-refractivity contribution < 1.29 is 27.9 Å². The SMILES string of the molecule is O=C1C=C2C(C(F)(F)F)=NC3=C2C(CN1)CC(c1ccc(Br)c(C(=O)O)c1)C3. The number of carbonyl (C=O) groups is 2. The highest BCUT2D eigenvalue weighted by Gasteiger charge is 2.47. The molecule has 1 aliphatic carbocycles. The van der Waals surface area contributed by atoms with Gasteiger partial charge >= 0.3 is 12.1 Å². The molecule has 3 aliphatic rings. The van der Waals surface area contributed by atoms with Crippen molar-refractivity contribution in [2.45, 2.75) is 24.9 Å². The quantitative estimate of drug-likeness (QED) is 0.709. The van der Waals surface area contributed by atoms with Crippen LogP contribution in [0.3, 0.4) is 0 Å². The third-order valence-electron chi connectivity index (χ3n) is 5.28. The van der Waals surface area contributed by atoms with Crippen molar-refractivity contribution in [3.05, 3.63) is 56.7 Å². The number of carboxylic acids is 1. The third-order valence-corrected chi connectivity index (χ3v) is 5.97. The van der Waals surface area contributed by atoms with Gasteiger partial charge in [0.2, 0.25) is 5.91 Å². The van der Waals surface area contributed by atoms with E-state index in [9.17, 15) is 27.9 Å². The molecule has 0 fully saturated rings. The van der Waals surface area contributed by atoms with E-state index < -0.39 is 23.8 Å². The van der Waals surface area contributed by atoms with Crippen LogP contribution in [0.15, 0.2) is 50.6 Å². The number of carboxylic acid groups (broad SMARTS) is 1. The van der Waals surface area contributed by atoms with Crippen LogP contribution in [0, 0.1) is 5.92 Å². The monoisotopic (exact) mass is 454 g/mol. The van der Waals surface area contributed by atoms with Gasteiger partial charge in [-0.15, -0.1) is 0 Å². The third kappa shape index (κ3) is 3.17. The van der Waals surface area contributed by atoms with Crippen LogP contribution < -0.4 is 5.32 Å². The maximum atomic E-state index is 13.5. The second kappa shape index (κ2) is 6.58. The summed E-state index contributed by atoms with van der Waals surface area (Å²) in [6.07, 6.45) is -2.91. The molecular weight excluding hydrogens is 441 g/mol. The van der Waals surface area contributed by atoms with E-state index in [-0.39, 0.29) is 35.9 Å². The average Bonchev–Trinajstić information content (AvgIpc) is 2.89. The fraction of sp³-hybridized carbons (Fsp3) is 0.316. The fourth-order valence-corrected chi connectivity index (χ4v) is 4.51. The predicted octanol–water partition coefficient (Wildman–Crippen LogP) is 3.97. The van der Waals surface area contributed by atoms with Crippen LogP contribution in [0.5, 0.6) is 0 Å². The standard InChI is InChI=1S/C19H14BrF3N2O3/c20-13-2-1-8(4-11(13)18(27)28)9-3-10-7-24-15(26)6-12-16(10)14(5-9)25-17(12)19(21,22)23/h1-2,4,6,9-10H,3,5,7H2,(H,24,26)(H,27,28). The number of nitrogens with zero attached hydrogens (tertiary/aromatic N) is 1. The molecule has 2 heterocycles. The van der Waals surface area contributed by atoms with Gasteiger partial charge in [-0.1, -0.05) is 6.07 Å². The van der Waals surface area contributed by atoms with E-state index in [0.717, 1.165) is 11.6 Å². The van der Waals surface area contributed by atoms with Gasteiger partial charge in [0, 0.05) is 34.3 Å². The summed E-state index contributed by atoms with van der Waals surface area (Å²) in [4.78, 5) is 27.1. The van der Waals surface area contributed by atoms with Gasteiger partial charge in [0.25, 0.3) is 0 Å². The molecule has 28 heavy (non-hydrogen) atoms. The lowest BCUT2D eigenvalue weighted by molar-refractivity contribution is -0.116. The summed E-state index contributed by atoms with van der Waals surface area (Å²) in [5.74, 6) is -2.16. The lowest BCUT2D eigenvalue weighted by Crippen LogP contribution is -2.29. The topological polar surface area (TPSA) is 78.8 Å². The van der Waals surface area contributed by atoms with E-state index in [4.69, 9.17) is 0 Å². The number of amides is 1. The summed E-state index contributed by atoms with van der Waals surface area (Å²) in [6.45, 7) is 0.219. The smallest absolute Gasteiger partial charge is 0.433 e. The van der Waals surface area contributed by atoms with Gasteiger partial charge in [0.05, 0.1) is 5.56 Å². The first-order valence-electron chi connectivity index (χ1n) is 8.57. The Morgan fingerprint density at radius 1 is 1.29 bits per heavy atom. The van der Waals surface area contributed by atoms with Gasteiger partial charge in [0.1, 0.15) is 0 Å². The molecule has 1 aromatic carbocycles. The van der Waals surface area contributed by atoms with Crippen LogP contribution in [0.4, 0.5) is 13.2 Å². The highest BCUT2D eigenvalue weighted by Crippen LogP contribution is 2.48. The normalized spacial score (nSPS) is 24.2. The summed E-state index contributed by atoms with van der Waals surface area (Å²) in [6, 6.07) is 4.93. The van der Waals surface area contributed by atoms with E-state index in [1.165, 1.54) is 6.07 Å². The van der Waals surface area contributed by atoms with E-state index in [1.54, 1.807) is 12.1 Å². The summed E-state index contributed by atoms with van der Waals surface area (Å²) in [5.41, 5.74) is 0.473. The largest absolute Gasteiger partial charge is 0.478 e. The Kier molecular flexibility index (Phi) is 4.45. The zero-order chi connectivity index (χ0) is 20.2. The maximum absolute atomic E-state index is 13.5. The minimum atomic E-state index is -4.65. The molecule has 0 aromatic heterocycles. The first kappa shape index (κ1) is 18.9. The minimum Gasteiger partial charge on any atom is -0.478 e. The first-order valence-corrected chi connectivity index (χ1v) is 9.36. The summed E-state index contributed by atoms with van der Waals surface area (Å²) in [5, 5.41) is 12.0. The summed E-state index contributed by atoms with van der Waals surface area (Å²) < 4.78 is 40.8. The number of carbonyl (C=O) groups excluding carboxylic acids is 1. The molecule has 2 atom stereocenters. The van der Waals surface area contributed by atoms with Gasteiger partial charge in [-0.2, -0.15) is 13.2 Å². The van der Waals surface area contributed by atoms with Gasteiger partial charge in [-0.05, 0) is 58.0 Å². The molecule has 2 aliphatic heterocycles. The average molecular weight is 455 g/mol. The molecule has 0 bridgehead atoms. The van der Waals surface area contributed by atoms with E-state index in [1.807, 2.05) is 0 Å². The number of aliphatic imine (C=N–C) groups is 1. The number of hydrogen-bond acceptors (Lipinski definition) is 3. The van der Waals surface area contributed by atoms with Crippen molar-refractivity contribution in [2.75, 3.05) is 6.54 Å². The number of hydrogen-bond donors (Lipinski definition) is 2. The van der Waals surface area contributed by atoms with Crippen LogP contribution in [0.1, 0.15) is 34.7 Å². The number of alkyl halides is 3. The minimum absolute atomic E-state index is 0.0953. The van der Waals surface area contributed by atoms with Crippen LogP contribution >= 0.6 is 15.9 Å². The number of benzene rings is 1. The van der Waals surface area contributed by atoms with Crippen LogP contribution in [0.2, 0.25) is 0 Å². The molecule has 0 saturated carbocycles. The van der Waals surface area contributed by atoms with E-state index in [2.05, 4.69) is 26.2 Å². The molecule has 4 rings (SSSR count). The fourth-order valence-electron chi connectivity index (χ4n) is 4.10. The molecule has 0 saturated heterocycles. The molecule has 1 amide bonds.